The molecule has 0 spiro atoms. The molecule has 0 aliphatic heterocycles. The van der Waals surface area contributed by atoms with Crippen LogP contribution in [0.2, 0.25) is 0 Å². The molecule has 1 aliphatic carbocycles. The third-order valence-corrected chi connectivity index (χ3v) is 4.15. The minimum absolute atomic E-state index is 0.256. The van der Waals surface area contributed by atoms with Gasteiger partial charge >= 0.3 is 0 Å². The molecule has 2 unspecified atom stereocenters. The average Bonchev–Trinajstić information content (AvgIpc) is 3.06. The largest absolute Gasteiger partial charge is 0.339 e. The Labute approximate surface area is 117 Å². The third-order valence-electron chi connectivity index (χ3n) is 4.15. The van der Waals surface area contributed by atoms with Crippen molar-refractivity contribution in [2.45, 2.75) is 32.1 Å². The van der Waals surface area contributed by atoms with E-state index >= 15 is 0 Å². The van der Waals surface area contributed by atoms with Crippen LogP contribution in [0.15, 0.2) is 22.7 Å². The quantitative estimate of drug-likeness (QED) is 0.935. The van der Waals surface area contributed by atoms with Gasteiger partial charge in [0.15, 0.2) is 0 Å². The standard InChI is InChI=1S/C15H18FN3O/c1-9-7-11(16)5-6-12(9)14-18-15(20-19-14)13-4-2-3-10(13)8-17/h5-7,10,13H,2-4,8,17H2,1H3. The Morgan fingerprint density at radius 1 is 1.40 bits per heavy atom. The Morgan fingerprint density at radius 3 is 3.00 bits per heavy atom. The van der Waals surface area contributed by atoms with Gasteiger partial charge in [0, 0.05) is 11.5 Å². The van der Waals surface area contributed by atoms with Crippen LogP contribution in [-0.4, -0.2) is 16.7 Å². The number of aryl methyl sites for hydroxylation is 1. The molecule has 3 rings (SSSR count). The zero-order chi connectivity index (χ0) is 14.1. The Morgan fingerprint density at radius 2 is 2.25 bits per heavy atom. The van der Waals surface area contributed by atoms with E-state index in [1.165, 1.54) is 12.1 Å². The summed E-state index contributed by atoms with van der Waals surface area (Å²) in [5, 5.41) is 4.04. The van der Waals surface area contributed by atoms with Gasteiger partial charge in [-0.25, -0.2) is 4.39 Å². The van der Waals surface area contributed by atoms with Gasteiger partial charge in [0.1, 0.15) is 5.82 Å². The van der Waals surface area contributed by atoms with Crippen LogP contribution in [0.25, 0.3) is 11.4 Å². The van der Waals surface area contributed by atoms with E-state index in [1.807, 2.05) is 6.92 Å². The van der Waals surface area contributed by atoms with Gasteiger partial charge in [-0.1, -0.05) is 11.6 Å². The van der Waals surface area contributed by atoms with Crippen LogP contribution in [-0.2, 0) is 0 Å². The molecular weight excluding hydrogens is 257 g/mol. The number of hydrogen-bond donors (Lipinski definition) is 1. The van der Waals surface area contributed by atoms with Crippen LogP contribution in [0.1, 0.15) is 36.6 Å². The maximum absolute atomic E-state index is 13.1. The van der Waals surface area contributed by atoms with Crippen molar-refractivity contribution in [3.8, 4) is 11.4 Å². The monoisotopic (exact) mass is 275 g/mol. The Bertz CT molecular complexity index is 611. The maximum Gasteiger partial charge on any atom is 0.230 e. The molecule has 20 heavy (non-hydrogen) atoms. The van der Waals surface area contributed by atoms with Gasteiger partial charge < -0.3 is 10.3 Å². The van der Waals surface area contributed by atoms with Gasteiger partial charge in [0.05, 0.1) is 0 Å². The molecule has 106 valence electrons. The summed E-state index contributed by atoms with van der Waals surface area (Å²) in [5.74, 6) is 1.63. The highest BCUT2D eigenvalue weighted by atomic mass is 19.1. The normalized spacial score (nSPS) is 22.4. The topological polar surface area (TPSA) is 64.9 Å². The minimum Gasteiger partial charge on any atom is -0.339 e. The molecule has 1 aromatic carbocycles. The lowest BCUT2D eigenvalue weighted by atomic mass is 9.96. The molecule has 0 radical (unpaired) electrons. The van der Waals surface area contributed by atoms with Crippen molar-refractivity contribution in [1.82, 2.24) is 10.1 Å². The predicted octanol–water partition coefficient (Wildman–Crippen LogP) is 3.03. The second-order valence-corrected chi connectivity index (χ2v) is 5.45. The van der Waals surface area contributed by atoms with Crippen molar-refractivity contribution >= 4 is 0 Å². The van der Waals surface area contributed by atoms with Crippen LogP contribution >= 0.6 is 0 Å². The van der Waals surface area contributed by atoms with Crippen LogP contribution in [0.4, 0.5) is 4.39 Å². The minimum atomic E-state index is -0.256. The predicted molar refractivity (Wildman–Crippen MR) is 73.6 cm³/mol. The van der Waals surface area contributed by atoms with Gasteiger partial charge in [0.25, 0.3) is 0 Å². The summed E-state index contributed by atoms with van der Waals surface area (Å²) >= 11 is 0. The Kier molecular flexibility index (Phi) is 3.53. The van der Waals surface area contributed by atoms with E-state index in [-0.39, 0.29) is 11.7 Å². The molecule has 2 aromatic rings. The number of halogens is 1. The van der Waals surface area contributed by atoms with Crippen molar-refractivity contribution in [3.63, 3.8) is 0 Å². The second-order valence-electron chi connectivity index (χ2n) is 5.45. The van der Waals surface area contributed by atoms with Gasteiger partial charge in [-0.05, 0) is 56.0 Å². The van der Waals surface area contributed by atoms with E-state index in [0.29, 0.717) is 24.2 Å². The summed E-state index contributed by atoms with van der Waals surface area (Å²) in [6.07, 6.45) is 3.32. The number of aromatic nitrogens is 2. The van der Waals surface area contributed by atoms with Gasteiger partial charge in [0.2, 0.25) is 11.7 Å². The van der Waals surface area contributed by atoms with Crippen molar-refractivity contribution in [1.29, 1.82) is 0 Å². The fraction of sp³-hybridized carbons (Fsp3) is 0.467. The first-order valence-corrected chi connectivity index (χ1v) is 6.99. The molecule has 1 heterocycles. The molecule has 1 aromatic heterocycles. The number of nitrogens with two attached hydrogens (primary N) is 1. The van der Waals surface area contributed by atoms with Crippen LogP contribution in [0.3, 0.4) is 0 Å². The fourth-order valence-corrected chi connectivity index (χ4v) is 3.02. The lowest BCUT2D eigenvalue weighted by Crippen LogP contribution is -2.17. The Balaban J connectivity index is 1.90. The second kappa shape index (κ2) is 5.32. The lowest BCUT2D eigenvalue weighted by Gasteiger charge is -2.12. The average molecular weight is 275 g/mol. The van der Waals surface area contributed by atoms with Crippen molar-refractivity contribution in [3.05, 3.63) is 35.5 Å². The highest BCUT2D eigenvalue weighted by molar-refractivity contribution is 5.59. The zero-order valence-corrected chi connectivity index (χ0v) is 11.5. The molecule has 4 nitrogen and oxygen atoms in total. The third kappa shape index (κ3) is 2.33. The fourth-order valence-electron chi connectivity index (χ4n) is 3.02. The van der Waals surface area contributed by atoms with Crippen LogP contribution in [0.5, 0.6) is 0 Å². The number of rotatable bonds is 3. The van der Waals surface area contributed by atoms with E-state index in [1.54, 1.807) is 6.07 Å². The van der Waals surface area contributed by atoms with Crippen LogP contribution in [0, 0.1) is 18.7 Å². The highest BCUT2D eigenvalue weighted by Crippen LogP contribution is 2.38. The van der Waals surface area contributed by atoms with E-state index < -0.39 is 0 Å². The van der Waals surface area contributed by atoms with Crippen molar-refractivity contribution < 1.29 is 8.91 Å². The zero-order valence-electron chi connectivity index (χ0n) is 11.5. The SMILES string of the molecule is Cc1cc(F)ccc1-c1noc(C2CCCC2CN)n1. The molecule has 0 saturated heterocycles. The summed E-state index contributed by atoms with van der Waals surface area (Å²) in [4.78, 5) is 4.50. The first-order chi connectivity index (χ1) is 9.69. The van der Waals surface area contributed by atoms with E-state index in [9.17, 15) is 4.39 Å². The number of hydrogen-bond acceptors (Lipinski definition) is 4. The molecule has 2 atom stereocenters. The van der Waals surface area contributed by atoms with E-state index in [4.69, 9.17) is 10.3 Å². The molecule has 0 amide bonds. The highest BCUT2D eigenvalue weighted by Gasteiger charge is 2.32. The first kappa shape index (κ1) is 13.2. The molecular formula is C15H18FN3O. The summed E-state index contributed by atoms with van der Waals surface area (Å²) < 4.78 is 18.5. The molecule has 1 aliphatic rings. The van der Waals surface area contributed by atoms with Crippen molar-refractivity contribution in [2.75, 3.05) is 6.54 Å². The maximum atomic E-state index is 13.1. The summed E-state index contributed by atoms with van der Waals surface area (Å²) in [6.45, 7) is 2.49. The molecule has 1 saturated carbocycles. The number of benzene rings is 1. The Hall–Kier alpha value is -1.75. The molecule has 5 heteroatoms. The van der Waals surface area contributed by atoms with Gasteiger partial charge in [-0.2, -0.15) is 4.98 Å². The molecule has 2 N–H and O–H groups in total. The molecule has 1 fully saturated rings. The number of nitrogens with zero attached hydrogens (tertiary/aromatic N) is 2. The molecule has 0 bridgehead atoms. The summed E-state index contributed by atoms with van der Waals surface area (Å²) in [7, 11) is 0. The van der Waals surface area contributed by atoms with Gasteiger partial charge in [-0.3, -0.25) is 0 Å². The van der Waals surface area contributed by atoms with E-state index in [0.717, 1.165) is 30.4 Å². The van der Waals surface area contributed by atoms with Gasteiger partial charge in [-0.15, -0.1) is 0 Å². The summed E-state index contributed by atoms with van der Waals surface area (Å²) in [6, 6.07) is 4.58. The first-order valence-electron chi connectivity index (χ1n) is 6.99. The van der Waals surface area contributed by atoms with E-state index in [2.05, 4.69) is 10.1 Å². The smallest absolute Gasteiger partial charge is 0.230 e. The van der Waals surface area contributed by atoms with Crippen LogP contribution < -0.4 is 5.73 Å². The van der Waals surface area contributed by atoms with Crippen molar-refractivity contribution in [2.24, 2.45) is 11.7 Å². The lowest BCUT2D eigenvalue weighted by molar-refractivity contribution is 0.326. The summed E-state index contributed by atoms with van der Waals surface area (Å²) in [5.41, 5.74) is 7.40.